The van der Waals surface area contributed by atoms with Crippen molar-refractivity contribution in [3.8, 4) is 0 Å². The Bertz CT molecular complexity index is 302. The molecule has 0 fully saturated rings. The van der Waals surface area contributed by atoms with E-state index < -0.39 is 0 Å². The van der Waals surface area contributed by atoms with Crippen LogP contribution >= 0.6 is 0 Å². The van der Waals surface area contributed by atoms with E-state index in [1.807, 2.05) is 18.2 Å². The molecule has 0 aliphatic rings. The first-order chi connectivity index (χ1) is 8.19. The minimum Gasteiger partial charge on any atom is -0.367 e. The van der Waals surface area contributed by atoms with E-state index in [1.54, 1.807) is 6.20 Å². The third-order valence-corrected chi connectivity index (χ3v) is 2.91. The normalized spacial score (nSPS) is 16.5. The van der Waals surface area contributed by atoms with Crippen molar-refractivity contribution in [3.05, 3.63) is 30.1 Å². The van der Waals surface area contributed by atoms with E-state index in [1.165, 1.54) is 0 Å². The predicted molar refractivity (Wildman–Crippen MR) is 70.7 cm³/mol. The molecule has 0 saturated carbocycles. The second-order valence-corrected chi connectivity index (χ2v) is 4.48. The summed E-state index contributed by atoms with van der Waals surface area (Å²) in [6.07, 6.45) is 4.99. The Morgan fingerprint density at radius 2 is 2.12 bits per heavy atom. The number of aromatic nitrogens is 1. The molecule has 0 aliphatic heterocycles. The van der Waals surface area contributed by atoms with Crippen molar-refractivity contribution in [1.29, 1.82) is 0 Å². The van der Waals surface area contributed by atoms with Crippen molar-refractivity contribution in [2.45, 2.75) is 58.3 Å². The van der Waals surface area contributed by atoms with Crippen molar-refractivity contribution in [2.75, 3.05) is 0 Å². The molecule has 1 rings (SSSR count). The molecule has 17 heavy (non-hydrogen) atoms. The largest absolute Gasteiger partial charge is 0.367 e. The zero-order chi connectivity index (χ0) is 12.7. The summed E-state index contributed by atoms with van der Waals surface area (Å²) in [6.45, 7) is 6.34. The Hall–Kier alpha value is -0.930. The van der Waals surface area contributed by atoms with Crippen LogP contribution in [0.25, 0.3) is 0 Å². The summed E-state index contributed by atoms with van der Waals surface area (Å²) in [5.74, 6) is 0. The summed E-state index contributed by atoms with van der Waals surface area (Å²) < 4.78 is 6.04. The first-order valence-corrected chi connectivity index (χ1v) is 6.51. The molecule has 3 nitrogen and oxygen atoms in total. The average Bonchev–Trinajstić information content (AvgIpc) is 2.36. The average molecular weight is 236 g/mol. The number of ether oxygens (including phenoxy) is 1. The van der Waals surface area contributed by atoms with Gasteiger partial charge in [-0.15, -0.1) is 0 Å². The van der Waals surface area contributed by atoms with Crippen LogP contribution in [-0.4, -0.2) is 17.1 Å². The Morgan fingerprint density at radius 3 is 2.65 bits per heavy atom. The third-order valence-electron chi connectivity index (χ3n) is 2.91. The highest BCUT2D eigenvalue weighted by Gasteiger charge is 2.22. The molecule has 0 bridgehead atoms. The Kier molecular flexibility index (Phi) is 6.16. The van der Waals surface area contributed by atoms with Crippen LogP contribution < -0.4 is 5.73 Å². The molecule has 3 unspecified atom stereocenters. The Balaban J connectivity index is 2.74. The quantitative estimate of drug-likeness (QED) is 0.791. The van der Waals surface area contributed by atoms with Gasteiger partial charge in [-0.3, -0.25) is 4.98 Å². The minimum atomic E-state index is -0.0947. The molecule has 1 aromatic rings. The van der Waals surface area contributed by atoms with E-state index in [9.17, 15) is 0 Å². The topological polar surface area (TPSA) is 48.1 Å². The third kappa shape index (κ3) is 4.44. The first-order valence-electron chi connectivity index (χ1n) is 6.51. The van der Waals surface area contributed by atoms with Crippen LogP contribution in [0.2, 0.25) is 0 Å². The summed E-state index contributed by atoms with van der Waals surface area (Å²) in [5.41, 5.74) is 7.06. The van der Waals surface area contributed by atoms with Gasteiger partial charge in [0.05, 0.1) is 11.8 Å². The molecule has 2 N–H and O–H groups in total. The lowest BCUT2D eigenvalue weighted by atomic mass is 10.0. The summed E-state index contributed by atoms with van der Waals surface area (Å²) in [5, 5.41) is 0. The van der Waals surface area contributed by atoms with E-state index in [0.717, 1.165) is 25.0 Å². The molecule has 3 atom stereocenters. The lowest BCUT2D eigenvalue weighted by Gasteiger charge is -2.26. The maximum Gasteiger partial charge on any atom is 0.115 e. The van der Waals surface area contributed by atoms with Crippen molar-refractivity contribution in [2.24, 2.45) is 5.73 Å². The lowest BCUT2D eigenvalue weighted by Crippen LogP contribution is -2.32. The molecule has 0 aliphatic carbocycles. The molecule has 1 aromatic heterocycles. The number of hydrogen-bond donors (Lipinski definition) is 1. The minimum absolute atomic E-state index is 0.00389. The van der Waals surface area contributed by atoms with Gasteiger partial charge in [0.2, 0.25) is 0 Å². The summed E-state index contributed by atoms with van der Waals surface area (Å²) >= 11 is 0. The zero-order valence-corrected chi connectivity index (χ0v) is 11.1. The SMILES string of the molecule is CCCC(C)OC(c1ccccn1)C(N)CC. The van der Waals surface area contributed by atoms with Crippen molar-refractivity contribution in [3.63, 3.8) is 0 Å². The molecule has 0 amide bonds. The standard InChI is InChI=1S/C14H24N2O/c1-4-8-11(3)17-14(12(15)5-2)13-9-6-7-10-16-13/h6-7,9-12,14H,4-5,8,15H2,1-3H3. The molecule has 3 heteroatoms. The van der Waals surface area contributed by atoms with Gasteiger partial charge in [0, 0.05) is 12.2 Å². The first kappa shape index (κ1) is 14.1. The van der Waals surface area contributed by atoms with E-state index >= 15 is 0 Å². The maximum absolute atomic E-state index is 6.13. The highest BCUT2D eigenvalue weighted by molar-refractivity contribution is 5.09. The number of hydrogen-bond acceptors (Lipinski definition) is 3. The number of nitrogens with two attached hydrogens (primary N) is 1. The van der Waals surface area contributed by atoms with Crippen LogP contribution in [0.3, 0.4) is 0 Å². The molecule has 0 spiro atoms. The van der Waals surface area contributed by atoms with Crippen LogP contribution in [0.5, 0.6) is 0 Å². The van der Waals surface area contributed by atoms with Crippen LogP contribution in [-0.2, 0) is 4.74 Å². The molecular formula is C14H24N2O. The summed E-state index contributed by atoms with van der Waals surface area (Å²) in [6, 6.07) is 5.88. The fourth-order valence-corrected chi connectivity index (χ4v) is 1.87. The predicted octanol–water partition coefficient (Wildman–Crippen LogP) is 3.07. The molecule has 0 radical (unpaired) electrons. The summed E-state index contributed by atoms with van der Waals surface area (Å²) in [4.78, 5) is 4.36. The van der Waals surface area contributed by atoms with Gasteiger partial charge in [-0.2, -0.15) is 0 Å². The second-order valence-electron chi connectivity index (χ2n) is 4.48. The van der Waals surface area contributed by atoms with Gasteiger partial charge in [-0.05, 0) is 31.9 Å². The van der Waals surface area contributed by atoms with Gasteiger partial charge >= 0.3 is 0 Å². The number of nitrogens with zero attached hydrogens (tertiary/aromatic N) is 1. The van der Waals surface area contributed by atoms with Gasteiger partial charge in [-0.25, -0.2) is 0 Å². The molecule has 1 heterocycles. The molecule has 0 saturated heterocycles. The van der Waals surface area contributed by atoms with Crippen LogP contribution in [0.15, 0.2) is 24.4 Å². The monoisotopic (exact) mass is 236 g/mol. The van der Waals surface area contributed by atoms with Crippen LogP contribution in [0.4, 0.5) is 0 Å². The van der Waals surface area contributed by atoms with Gasteiger partial charge in [0.1, 0.15) is 6.10 Å². The molecular weight excluding hydrogens is 212 g/mol. The summed E-state index contributed by atoms with van der Waals surface area (Å²) in [7, 11) is 0. The van der Waals surface area contributed by atoms with Crippen LogP contribution in [0, 0.1) is 0 Å². The highest BCUT2D eigenvalue weighted by Crippen LogP contribution is 2.23. The van der Waals surface area contributed by atoms with Gasteiger partial charge in [0.15, 0.2) is 0 Å². The van der Waals surface area contributed by atoms with Gasteiger partial charge < -0.3 is 10.5 Å². The smallest absolute Gasteiger partial charge is 0.115 e. The molecule has 96 valence electrons. The van der Waals surface area contributed by atoms with E-state index in [-0.39, 0.29) is 18.2 Å². The fraction of sp³-hybridized carbons (Fsp3) is 0.643. The van der Waals surface area contributed by atoms with E-state index in [2.05, 4.69) is 25.8 Å². The van der Waals surface area contributed by atoms with Crippen molar-refractivity contribution < 1.29 is 4.74 Å². The zero-order valence-electron chi connectivity index (χ0n) is 11.1. The fourth-order valence-electron chi connectivity index (χ4n) is 1.87. The Labute approximate surface area is 104 Å². The van der Waals surface area contributed by atoms with Crippen molar-refractivity contribution in [1.82, 2.24) is 4.98 Å². The Morgan fingerprint density at radius 1 is 1.35 bits per heavy atom. The van der Waals surface area contributed by atoms with Crippen LogP contribution in [0.1, 0.15) is 51.8 Å². The van der Waals surface area contributed by atoms with Gasteiger partial charge in [-0.1, -0.05) is 26.3 Å². The van der Waals surface area contributed by atoms with Gasteiger partial charge in [0.25, 0.3) is 0 Å². The lowest BCUT2D eigenvalue weighted by molar-refractivity contribution is -0.0244. The van der Waals surface area contributed by atoms with E-state index in [0.29, 0.717) is 0 Å². The number of pyridine rings is 1. The molecule has 0 aromatic carbocycles. The maximum atomic E-state index is 6.13. The van der Waals surface area contributed by atoms with E-state index in [4.69, 9.17) is 10.5 Å². The number of rotatable bonds is 7. The highest BCUT2D eigenvalue weighted by atomic mass is 16.5. The second kappa shape index (κ2) is 7.41. The van der Waals surface area contributed by atoms with Crippen molar-refractivity contribution >= 4 is 0 Å².